The monoisotopic (exact) mass is 315 g/mol. The van der Waals surface area contributed by atoms with E-state index in [1.807, 2.05) is 0 Å². The minimum atomic E-state index is -4.40. The number of hydrogen-bond acceptors (Lipinski definition) is 2. The predicted molar refractivity (Wildman–Crippen MR) is 76.4 cm³/mol. The SMILES string of the molecule is C[C@@H](CC(=O)NC[C@H]1CCOC1)c1ccccc1C(F)(F)F. The lowest BCUT2D eigenvalue weighted by Gasteiger charge is -2.18. The van der Waals surface area contributed by atoms with Gasteiger partial charge in [-0.15, -0.1) is 0 Å². The van der Waals surface area contributed by atoms with Gasteiger partial charge >= 0.3 is 6.18 Å². The molecule has 1 aliphatic rings. The number of benzene rings is 1. The lowest BCUT2D eigenvalue weighted by molar-refractivity contribution is -0.138. The Kier molecular flexibility index (Phi) is 5.45. The first-order valence-electron chi connectivity index (χ1n) is 7.38. The number of alkyl halides is 3. The summed E-state index contributed by atoms with van der Waals surface area (Å²) >= 11 is 0. The number of nitrogens with one attached hydrogen (secondary N) is 1. The molecule has 1 aliphatic heterocycles. The Morgan fingerprint density at radius 3 is 2.77 bits per heavy atom. The van der Waals surface area contributed by atoms with E-state index in [1.54, 1.807) is 13.0 Å². The summed E-state index contributed by atoms with van der Waals surface area (Å²) in [7, 11) is 0. The maximum absolute atomic E-state index is 13.0. The van der Waals surface area contributed by atoms with E-state index >= 15 is 0 Å². The summed E-state index contributed by atoms with van der Waals surface area (Å²) in [5, 5.41) is 2.78. The zero-order chi connectivity index (χ0) is 16.2. The summed E-state index contributed by atoms with van der Waals surface area (Å²) in [5.41, 5.74) is -0.506. The fourth-order valence-corrected chi connectivity index (χ4v) is 2.65. The number of ether oxygens (including phenoxy) is 1. The molecule has 0 aliphatic carbocycles. The summed E-state index contributed by atoms with van der Waals surface area (Å²) in [6, 6.07) is 5.42. The van der Waals surface area contributed by atoms with Crippen molar-refractivity contribution >= 4 is 5.91 Å². The van der Waals surface area contributed by atoms with Crippen LogP contribution in [0.2, 0.25) is 0 Å². The van der Waals surface area contributed by atoms with E-state index in [0.717, 1.165) is 12.5 Å². The van der Waals surface area contributed by atoms with Crippen molar-refractivity contribution in [3.8, 4) is 0 Å². The quantitative estimate of drug-likeness (QED) is 0.905. The van der Waals surface area contributed by atoms with Crippen molar-refractivity contribution in [2.75, 3.05) is 19.8 Å². The van der Waals surface area contributed by atoms with Gasteiger partial charge in [0.2, 0.25) is 5.91 Å². The molecule has 0 spiro atoms. The van der Waals surface area contributed by atoms with Crippen molar-refractivity contribution in [3.05, 3.63) is 35.4 Å². The largest absolute Gasteiger partial charge is 0.416 e. The zero-order valence-electron chi connectivity index (χ0n) is 12.5. The third-order valence-electron chi connectivity index (χ3n) is 3.90. The highest BCUT2D eigenvalue weighted by Gasteiger charge is 2.34. The predicted octanol–water partition coefficient (Wildman–Crippen LogP) is 3.35. The van der Waals surface area contributed by atoms with Crippen molar-refractivity contribution in [1.29, 1.82) is 0 Å². The molecule has 0 saturated carbocycles. The number of rotatable bonds is 5. The molecule has 1 heterocycles. The van der Waals surface area contributed by atoms with Crippen LogP contribution in [-0.2, 0) is 15.7 Å². The van der Waals surface area contributed by atoms with Crippen LogP contribution in [0.25, 0.3) is 0 Å². The minimum absolute atomic E-state index is 0.0423. The van der Waals surface area contributed by atoms with Crippen molar-refractivity contribution in [2.24, 2.45) is 5.92 Å². The van der Waals surface area contributed by atoms with Gasteiger partial charge < -0.3 is 10.1 Å². The first-order chi connectivity index (χ1) is 10.4. The standard InChI is InChI=1S/C16H20F3NO2/c1-11(8-15(21)20-9-12-6-7-22-10-12)13-4-2-3-5-14(13)16(17,18)19/h2-5,11-12H,6-10H2,1H3,(H,20,21)/t11-,12+/m0/s1. The van der Waals surface area contributed by atoms with Gasteiger partial charge in [-0.25, -0.2) is 0 Å². The van der Waals surface area contributed by atoms with Crippen LogP contribution in [-0.4, -0.2) is 25.7 Å². The molecule has 0 unspecified atom stereocenters. The third-order valence-corrected chi connectivity index (χ3v) is 3.90. The molecule has 1 amide bonds. The van der Waals surface area contributed by atoms with Gasteiger partial charge in [-0.1, -0.05) is 25.1 Å². The second kappa shape index (κ2) is 7.13. The number of carbonyl (C=O) groups excluding carboxylic acids is 1. The second-order valence-electron chi connectivity index (χ2n) is 5.72. The average Bonchev–Trinajstić information content (AvgIpc) is 2.97. The van der Waals surface area contributed by atoms with Crippen LogP contribution >= 0.6 is 0 Å². The summed E-state index contributed by atoms with van der Waals surface area (Å²) in [5.74, 6) is -0.407. The number of amides is 1. The lowest BCUT2D eigenvalue weighted by atomic mass is 9.92. The van der Waals surface area contributed by atoms with E-state index in [2.05, 4.69) is 5.32 Å². The summed E-state index contributed by atoms with van der Waals surface area (Å²) in [6.45, 7) is 3.50. The van der Waals surface area contributed by atoms with E-state index in [-0.39, 0.29) is 17.9 Å². The van der Waals surface area contributed by atoms with Crippen LogP contribution < -0.4 is 5.32 Å². The van der Waals surface area contributed by atoms with Crippen molar-refractivity contribution in [3.63, 3.8) is 0 Å². The molecule has 0 radical (unpaired) electrons. The van der Waals surface area contributed by atoms with Crippen LogP contribution in [0.3, 0.4) is 0 Å². The maximum atomic E-state index is 13.0. The Morgan fingerprint density at radius 2 is 2.14 bits per heavy atom. The van der Waals surface area contributed by atoms with Crippen LogP contribution in [0.5, 0.6) is 0 Å². The first-order valence-corrected chi connectivity index (χ1v) is 7.38. The van der Waals surface area contributed by atoms with Crippen molar-refractivity contribution < 1.29 is 22.7 Å². The Morgan fingerprint density at radius 1 is 1.41 bits per heavy atom. The molecule has 2 atom stereocenters. The van der Waals surface area contributed by atoms with E-state index in [1.165, 1.54) is 12.1 Å². The van der Waals surface area contributed by atoms with Crippen LogP contribution in [0.4, 0.5) is 13.2 Å². The number of halogens is 3. The number of hydrogen-bond donors (Lipinski definition) is 1. The molecule has 1 aromatic rings. The fourth-order valence-electron chi connectivity index (χ4n) is 2.65. The van der Waals surface area contributed by atoms with Gasteiger partial charge in [0.15, 0.2) is 0 Å². The highest BCUT2D eigenvalue weighted by molar-refractivity contribution is 5.76. The molecule has 6 heteroatoms. The Bertz CT molecular complexity index is 510. The molecule has 2 rings (SSSR count). The van der Waals surface area contributed by atoms with E-state index < -0.39 is 17.7 Å². The van der Waals surface area contributed by atoms with Gasteiger partial charge in [-0.05, 0) is 24.0 Å². The Hall–Kier alpha value is -1.56. The molecule has 0 aromatic heterocycles. The molecule has 0 bridgehead atoms. The van der Waals surface area contributed by atoms with Crippen molar-refractivity contribution in [2.45, 2.75) is 31.9 Å². The van der Waals surface area contributed by atoms with Gasteiger partial charge in [-0.3, -0.25) is 4.79 Å². The lowest BCUT2D eigenvalue weighted by Crippen LogP contribution is -2.30. The van der Waals surface area contributed by atoms with Gasteiger partial charge in [0.1, 0.15) is 0 Å². The van der Waals surface area contributed by atoms with Gasteiger partial charge in [0.05, 0.1) is 12.2 Å². The van der Waals surface area contributed by atoms with Gasteiger partial charge in [0.25, 0.3) is 0 Å². The molecule has 22 heavy (non-hydrogen) atoms. The third kappa shape index (κ3) is 4.47. The van der Waals surface area contributed by atoms with E-state index in [9.17, 15) is 18.0 Å². The molecule has 1 saturated heterocycles. The smallest absolute Gasteiger partial charge is 0.381 e. The first kappa shape index (κ1) is 16.8. The highest BCUT2D eigenvalue weighted by atomic mass is 19.4. The van der Waals surface area contributed by atoms with Gasteiger partial charge in [-0.2, -0.15) is 13.2 Å². The Labute approximate surface area is 127 Å². The Balaban J connectivity index is 1.94. The molecule has 1 N–H and O–H groups in total. The molecular formula is C16H20F3NO2. The maximum Gasteiger partial charge on any atom is 0.416 e. The van der Waals surface area contributed by atoms with E-state index in [0.29, 0.717) is 25.7 Å². The average molecular weight is 315 g/mol. The minimum Gasteiger partial charge on any atom is -0.381 e. The fraction of sp³-hybridized carbons (Fsp3) is 0.562. The van der Waals surface area contributed by atoms with Gasteiger partial charge in [0, 0.05) is 25.5 Å². The second-order valence-corrected chi connectivity index (χ2v) is 5.72. The zero-order valence-corrected chi connectivity index (χ0v) is 12.5. The highest BCUT2D eigenvalue weighted by Crippen LogP contribution is 2.35. The summed E-state index contributed by atoms with van der Waals surface area (Å²) in [6.07, 6.45) is -3.45. The summed E-state index contributed by atoms with van der Waals surface area (Å²) < 4.78 is 44.2. The molecule has 3 nitrogen and oxygen atoms in total. The van der Waals surface area contributed by atoms with E-state index in [4.69, 9.17) is 4.74 Å². The molecule has 1 aromatic carbocycles. The molecular weight excluding hydrogens is 295 g/mol. The normalized spacial score (nSPS) is 19.9. The molecule has 122 valence electrons. The summed E-state index contributed by atoms with van der Waals surface area (Å²) in [4.78, 5) is 11.9. The topological polar surface area (TPSA) is 38.3 Å². The number of carbonyl (C=O) groups is 1. The van der Waals surface area contributed by atoms with Crippen LogP contribution in [0.15, 0.2) is 24.3 Å². The van der Waals surface area contributed by atoms with Crippen LogP contribution in [0, 0.1) is 5.92 Å². The van der Waals surface area contributed by atoms with Crippen molar-refractivity contribution in [1.82, 2.24) is 5.32 Å². The van der Waals surface area contributed by atoms with Crippen LogP contribution in [0.1, 0.15) is 36.8 Å². The molecule has 1 fully saturated rings.